The van der Waals surface area contributed by atoms with Gasteiger partial charge in [0.15, 0.2) is 5.70 Å². The molecule has 0 saturated heterocycles. The number of methoxy groups -OCH3 is 1. The molecule has 24 heavy (non-hydrogen) atoms. The summed E-state index contributed by atoms with van der Waals surface area (Å²) in [5.41, 5.74) is 1.16. The van der Waals surface area contributed by atoms with Crippen molar-refractivity contribution in [2.45, 2.75) is 0 Å². The van der Waals surface area contributed by atoms with Crippen LogP contribution in [0.5, 0.6) is 5.75 Å². The van der Waals surface area contributed by atoms with Crippen LogP contribution in [0.4, 0.5) is 4.39 Å². The van der Waals surface area contributed by atoms with E-state index in [1.807, 2.05) is 24.3 Å². The number of ether oxygens (including phenoxy) is 2. The monoisotopic (exact) mass is 323 g/mol. The highest BCUT2D eigenvalue weighted by Gasteiger charge is 2.21. The average Bonchev–Trinajstić information content (AvgIpc) is 2.95. The smallest absolute Gasteiger partial charge is 0.363 e. The van der Waals surface area contributed by atoms with E-state index in [-0.39, 0.29) is 17.2 Å². The van der Waals surface area contributed by atoms with Gasteiger partial charge in [0.1, 0.15) is 11.6 Å². The van der Waals surface area contributed by atoms with Crippen molar-refractivity contribution in [3.8, 4) is 5.75 Å². The summed E-state index contributed by atoms with van der Waals surface area (Å²) in [6.07, 6.45) is 4.66. The van der Waals surface area contributed by atoms with Crippen LogP contribution in [0.25, 0.3) is 12.2 Å². The van der Waals surface area contributed by atoms with E-state index in [4.69, 9.17) is 9.47 Å². The highest BCUT2D eigenvalue weighted by molar-refractivity contribution is 6.11. The molecule has 4 nitrogen and oxygen atoms in total. The molecule has 0 aliphatic carbocycles. The fourth-order valence-corrected chi connectivity index (χ4v) is 2.20. The van der Waals surface area contributed by atoms with Crippen molar-refractivity contribution in [1.29, 1.82) is 0 Å². The second-order valence-electron chi connectivity index (χ2n) is 4.97. The zero-order valence-corrected chi connectivity index (χ0v) is 12.9. The van der Waals surface area contributed by atoms with E-state index < -0.39 is 11.8 Å². The molecule has 5 heteroatoms. The predicted octanol–water partition coefficient (Wildman–Crippen LogP) is 3.84. The number of carbonyl (C=O) groups excluding carboxylic acids is 1. The molecule has 0 spiro atoms. The number of para-hydroxylation sites is 1. The third-order valence-electron chi connectivity index (χ3n) is 3.38. The van der Waals surface area contributed by atoms with Crippen molar-refractivity contribution in [2.75, 3.05) is 7.11 Å². The van der Waals surface area contributed by atoms with Crippen LogP contribution in [0.2, 0.25) is 0 Å². The zero-order chi connectivity index (χ0) is 16.9. The van der Waals surface area contributed by atoms with E-state index in [0.29, 0.717) is 5.75 Å². The van der Waals surface area contributed by atoms with Crippen LogP contribution < -0.4 is 4.74 Å². The first-order valence-electron chi connectivity index (χ1n) is 7.25. The number of carbonyl (C=O) groups is 1. The van der Waals surface area contributed by atoms with Crippen molar-refractivity contribution in [3.63, 3.8) is 0 Å². The minimum atomic E-state index is -0.613. The first-order chi connectivity index (χ1) is 11.7. The number of halogens is 1. The van der Waals surface area contributed by atoms with Crippen molar-refractivity contribution >= 4 is 24.0 Å². The summed E-state index contributed by atoms with van der Waals surface area (Å²) in [5, 5.41) is 0. The quantitative estimate of drug-likeness (QED) is 0.634. The molecule has 0 saturated carbocycles. The highest BCUT2D eigenvalue weighted by atomic mass is 19.1. The van der Waals surface area contributed by atoms with Crippen molar-refractivity contribution in [1.82, 2.24) is 0 Å². The van der Waals surface area contributed by atoms with E-state index in [0.717, 1.165) is 5.56 Å². The normalized spacial score (nSPS) is 15.7. The first kappa shape index (κ1) is 15.7. The molecular formula is C19H14FNO3. The molecule has 0 radical (unpaired) electrons. The third kappa shape index (κ3) is 3.41. The lowest BCUT2D eigenvalue weighted by atomic mass is 10.2. The number of nitrogens with zero attached hydrogens (tertiary/aromatic N) is 1. The molecule has 1 heterocycles. The minimum absolute atomic E-state index is 0.0553. The maximum Gasteiger partial charge on any atom is 0.363 e. The third-order valence-corrected chi connectivity index (χ3v) is 3.38. The Balaban J connectivity index is 1.84. The lowest BCUT2D eigenvalue weighted by Gasteiger charge is -2.02. The molecule has 0 atom stereocenters. The van der Waals surface area contributed by atoms with Crippen molar-refractivity contribution in [2.24, 2.45) is 4.99 Å². The molecular weight excluding hydrogens is 309 g/mol. The summed E-state index contributed by atoms with van der Waals surface area (Å²) < 4.78 is 24.0. The van der Waals surface area contributed by atoms with Gasteiger partial charge >= 0.3 is 5.97 Å². The topological polar surface area (TPSA) is 47.9 Å². The summed E-state index contributed by atoms with van der Waals surface area (Å²) in [6, 6.07) is 13.6. The molecule has 0 aromatic heterocycles. The lowest BCUT2D eigenvalue weighted by molar-refractivity contribution is -0.129. The van der Waals surface area contributed by atoms with Crippen LogP contribution >= 0.6 is 0 Å². The second-order valence-corrected chi connectivity index (χ2v) is 4.97. The maximum atomic E-state index is 13.6. The number of esters is 1. The van der Waals surface area contributed by atoms with E-state index in [9.17, 15) is 9.18 Å². The number of hydrogen-bond donors (Lipinski definition) is 0. The van der Waals surface area contributed by atoms with Crippen LogP contribution in [0, 0.1) is 5.82 Å². The Kier molecular flexibility index (Phi) is 4.52. The maximum absolute atomic E-state index is 13.6. The van der Waals surface area contributed by atoms with Gasteiger partial charge < -0.3 is 9.47 Å². The SMILES string of the molecule is COc1ccccc1/C=C/C1=NC(=Cc2ccccc2F)C(=O)O1. The van der Waals surface area contributed by atoms with Gasteiger partial charge in [0.05, 0.1) is 7.11 Å². The zero-order valence-electron chi connectivity index (χ0n) is 12.9. The molecule has 2 aromatic carbocycles. The molecule has 0 amide bonds. The van der Waals surface area contributed by atoms with E-state index in [2.05, 4.69) is 4.99 Å². The number of hydrogen-bond acceptors (Lipinski definition) is 4. The Morgan fingerprint density at radius 3 is 2.50 bits per heavy atom. The summed E-state index contributed by atoms with van der Waals surface area (Å²) in [4.78, 5) is 15.9. The van der Waals surface area contributed by atoms with Gasteiger partial charge in [-0.3, -0.25) is 0 Å². The Morgan fingerprint density at radius 2 is 1.75 bits per heavy atom. The molecule has 1 aliphatic rings. The number of benzene rings is 2. The molecule has 120 valence electrons. The fourth-order valence-electron chi connectivity index (χ4n) is 2.20. The molecule has 0 fully saturated rings. The van der Waals surface area contributed by atoms with Gasteiger partial charge in [0, 0.05) is 17.2 Å². The molecule has 0 bridgehead atoms. The van der Waals surface area contributed by atoms with Crippen LogP contribution in [0.1, 0.15) is 11.1 Å². The molecule has 1 aliphatic heterocycles. The van der Waals surface area contributed by atoms with Gasteiger partial charge in [-0.1, -0.05) is 36.4 Å². The number of aliphatic imine (C=N–C) groups is 1. The predicted molar refractivity (Wildman–Crippen MR) is 89.9 cm³/mol. The summed E-state index contributed by atoms with van der Waals surface area (Å²) in [7, 11) is 1.58. The van der Waals surface area contributed by atoms with Crippen LogP contribution in [0.15, 0.2) is 65.3 Å². The Labute approximate surface area is 138 Å². The lowest BCUT2D eigenvalue weighted by Crippen LogP contribution is -2.01. The molecule has 0 N–H and O–H groups in total. The van der Waals surface area contributed by atoms with Crippen LogP contribution in [-0.4, -0.2) is 19.0 Å². The van der Waals surface area contributed by atoms with Gasteiger partial charge in [-0.2, -0.15) is 0 Å². The fraction of sp³-hybridized carbons (Fsp3) is 0.0526. The minimum Gasteiger partial charge on any atom is -0.496 e. The van der Waals surface area contributed by atoms with Crippen molar-refractivity contribution in [3.05, 3.63) is 77.2 Å². The second kappa shape index (κ2) is 6.91. The molecule has 2 aromatic rings. The largest absolute Gasteiger partial charge is 0.496 e. The van der Waals surface area contributed by atoms with Crippen LogP contribution in [0.3, 0.4) is 0 Å². The summed E-state index contributed by atoms with van der Waals surface area (Å²) >= 11 is 0. The van der Waals surface area contributed by atoms with E-state index in [1.165, 1.54) is 12.1 Å². The Morgan fingerprint density at radius 1 is 1.04 bits per heavy atom. The highest BCUT2D eigenvalue weighted by Crippen LogP contribution is 2.21. The summed E-state index contributed by atoms with van der Waals surface area (Å²) in [6.45, 7) is 0. The summed E-state index contributed by atoms with van der Waals surface area (Å²) in [5.74, 6) is -0.196. The van der Waals surface area contributed by atoms with Crippen molar-refractivity contribution < 1.29 is 18.7 Å². The standard InChI is InChI=1S/C19H14FNO3/c1-23-17-9-5-3-6-13(17)10-11-18-21-16(19(22)24-18)12-14-7-2-4-8-15(14)20/h2-12H,1H3/b11-10+,16-12?. The van der Waals surface area contributed by atoms with Gasteiger partial charge in [0.2, 0.25) is 5.90 Å². The van der Waals surface area contributed by atoms with Gasteiger partial charge in [-0.25, -0.2) is 14.2 Å². The first-order valence-corrected chi connectivity index (χ1v) is 7.25. The van der Waals surface area contributed by atoms with Gasteiger partial charge in [-0.15, -0.1) is 0 Å². The average molecular weight is 323 g/mol. The van der Waals surface area contributed by atoms with Crippen LogP contribution in [-0.2, 0) is 9.53 Å². The van der Waals surface area contributed by atoms with E-state index >= 15 is 0 Å². The van der Waals surface area contributed by atoms with Gasteiger partial charge in [-0.05, 0) is 24.3 Å². The molecule has 3 rings (SSSR count). The number of cyclic esters (lactones) is 1. The molecule has 0 unspecified atom stereocenters. The van der Waals surface area contributed by atoms with Gasteiger partial charge in [0.25, 0.3) is 0 Å². The Bertz CT molecular complexity index is 868. The van der Waals surface area contributed by atoms with E-state index in [1.54, 1.807) is 37.5 Å². The Hall–Kier alpha value is -3.21. The number of rotatable bonds is 4.